The molecule has 10 heteroatoms. The van der Waals surface area contributed by atoms with Crippen molar-refractivity contribution in [1.29, 1.82) is 0 Å². The first-order valence-electron chi connectivity index (χ1n) is 6.78. The fourth-order valence-corrected chi connectivity index (χ4v) is 2.27. The van der Waals surface area contributed by atoms with Crippen molar-refractivity contribution in [2.75, 3.05) is 5.73 Å². The SMILES string of the molecule is N/C=C\C=C(/N)Cn1c(-c2nonc2N)nc2c(F)ccc(F)c21. The third kappa shape index (κ3) is 2.53. The number of nitrogens with zero attached hydrogens (tertiary/aromatic N) is 4. The van der Waals surface area contributed by atoms with Gasteiger partial charge in [-0.1, -0.05) is 0 Å². The monoisotopic (exact) mass is 333 g/mol. The molecule has 6 N–H and O–H groups in total. The lowest BCUT2D eigenvalue weighted by atomic mass is 10.2. The zero-order valence-corrected chi connectivity index (χ0v) is 12.3. The third-order valence-electron chi connectivity index (χ3n) is 3.28. The van der Waals surface area contributed by atoms with Crippen molar-refractivity contribution >= 4 is 16.9 Å². The second-order valence-electron chi connectivity index (χ2n) is 4.87. The maximum Gasteiger partial charge on any atom is 0.199 e. The number of benzene rings is 1. The molecule has 2 heterocycles. The molecular weight excluding hydrogens is 320 g/mol. The molecule has 0 atom stereocenters. The van der Waals surface area contributed by atoms with Gasteiger partial charge in [0.15, 0.2) is 23.2 Å². The summed E-state index contributed by atoms with van der Waals surface area (Å²) in [6, 6.07) is 1.99. The zero-order chi connectivity index (χ0) is 17.3. The van der Waals surface area contributed by atoms with Crippen molar-refractivity contribution in [1.82, 2.24) is 19.9 Å². The number of halogens is 2. The van der Waals surface area contributed by atoms with Crippen LogP contribution in [0.3, 0.4) is 0 Å². The molecule has 0 aliphatic heterocycles. The Bertz CT molecular complexity index is 958. The summed E-state index contributed by atoms with van der Waals surface area (Å²) in [6.45, 7) is 0.00282. The first-order chi connectivity index (χ1) is 11.5. The largest absolute Gasteiger partial charge is 0.405 e. The normalized spacial score (nSPS) is 12.5. The quantitative estimate of drug-likeness (QED) is 0.612. The van der Waals surface area contributed by atoms with E-state index in [9.17, 15) is 8.78 Å². The number of hydrogen-bond acceptors (Lipinski definition) is 7. The number of rotatable bonds is 4. The highest BCUT2D eigenvalue weighted by Crippen LogP contribution is 2.29. The van der Waals surface area contributed by atoms with E-state index < -0.39 is 11.6 Å². The molecule has 0 aliphatic rings. The van der Waals surface area contributed by atoms with Crippen molar-refractivity contribution in [2.45, 2.75) is 6.54 Å². The lowest BCUT2D eigenvalue weighted by Crippen LogP contribution is -2.10. The van der Waals surface area contributed by atoms with E-state index in [1.54, 1.807) is 0 Å². The Hall–Kier alpha value is -3.43. The van der Waals surface area contributed by atoms with Gasteiger partial charge in [0, 0.05) is 5.70 Å². The van der Waals surface area contributed by atoms with E-state index in [1.165, 1.54) is 22.9 Å². The van der Waals surface area contributed by atoms with E-state index in [-0.39, 0.29) is 34.9 Å². The van der Waals surface area contributed by atoms with Gasteiger partial charge in [0.05, 0.1) is 6.54 Å². The molecule has 0 radical (unpaired) electrons. The lowest BCUT2D eigenvalue weighted by Gasteiger charge is -2.08. The maximum absolute atomic E-state index is 14.3. The first-order valence-corrected chi connectivity index (χ1v) is 6.78. The van der Waals surface area contributed by atoms with Crippen LogP contribution in [0.15, 0.2) is 40.8 Å². The van der Waals surface area contributed by atoms with E-state index in [0.29, 0.717) is 5.70 Å². The Kier molecular flexibility index (Phi) is 3.86. The standard InChI is InChI=1S/C14H13F2N7O/c15-8-3-4-9(16)12-10(8)20-14(11-13(19)22-24-21-11)23(12)6-7(18)2-1-5-17/h1-5H,6,17-18H2,(H2,19,22)/b5-1-,7-2-. The summed E-state index contributed by atoms with van der Waals surface area (Å²) >= 11 is 0. The van der Waals surface area contributed by atoms with Gasteiger partial charge in [-0.25, -0.2) is 18.4 Å². The van der Waals surface area contributed by atoms with Crippen LogP contribution in [0.4, 0.5) is 14.6 Å². The smallest absolute Gasteiger partial charge is 0.199 e. The predicted octanol–water partition coefficient (Wildman–Crippen LogP) is 1.26. The molecule has 0 bridgehead atoms. The second kappa shape index (κ2) is 5.99. The minimum atomic E-state index is -0.689. The molecule has 0 aliphatic carbocycles. The van der Waals surface area contributed by atoms with Crippen molar-refractivity contribution in [3.8, 4) is 11.5 Å². The van der Waals surface area contributed by atoms with Crippen molar-refractivity contribution in [2.24, 2.45) is 11.5 Å². The van der Waals surface area contributed by atoms with Gasteiger partial charge in [-0.3, -0.25) is 0 Å². The van der Waals surface area contributed by atoms with Crippen molar-refractivity contribution in [3.05, 3.63) is 47.8 Å². The van der Waals surface area contributed by atoms with Crippen molar-refractivity contribution in [3.63, 3.8) is 0 Å². The number of allylic oxidation sites excluding steroid dienone is 3. The summed E-state index contributed by atoms with van der Waals surface area (Å²) in [5.74, 6) is -1.33. The van der Waals surface area contributed by atoms with Gasteiger partial charge < -0.3 is 21.8 Å². The minimum absolute atomic E-state index is 0.00282. The Morgan fingerprint density at radius 3 is 2.67 bits per heavy atom. The number of nitrogens with two attached hydrogens (primary N) is 3. The van der Waals surface area contributed by atoms with Gasteiger partial charge in [-0.15, -0.1) is 0 Å². The van der Waals surface area contributed by atoms with Gasteiger partial charge in [0.1, 0.15) is 16.9 Å². The van der Waals surface area contributed by atoms with Gasteiger partial charge in [0.25, 0.3) is 0 Å². The van der Waals surface area contributed by atoms with E-state index in [2.05, 4.69) is 19.9 Å². The number of hydrogen-bond donors (Lipinski definition) is 3. The Morgan fingerprint density at radius 1 is 1.25 bits per heavy atom. The number of fused-ring (bicyclic) bond motifs is 1. The van der Waals surface area contributed by atoms with Gasteiger partial charge in [-0.2, -0.15) is 0 Å². The summed E-state index contributed by atoms with van der Waals surface area (Å²) in [6.07, 6.45) is 4.33. The van der Waals surface area contributed by atoms with Crippen LogP contribution in [0, 0.1) is 11.6 Å². The molecule has 0 unspecified atom stereocenters. The fourth-order valence-electron chi connectivity index (χ4n) is 2.27. The van der Waals surface area contributed by atoms with Crippen LogP contribution in [0.1, 0.15) is 0 Å². The highest BCUT2D eigenvalue weighted by atomic mass is 19.1. The van der Waals surface area contributed by atoms with Crippen LogP contribution < -0.4 is 17.2 Å². The Balaban J connectivity index is 2.27. The molecule has 3 rings (SSSR count). The molecule has 0 fully saturated rings. The topological polar surface area (TPSA) is 135 Å². The van der Waals surface area contributed by atoms with Crippen LogP contribution in [-0.2, 0) is 6.54 Å². The second-order valence-corrected chi connectivity index (χ2v) is 4.87. The number of imidazole rings is 1. The lowest BCUT2D eigenvalue weighted by molar-refractivity contribution is 0.310. The molecule has 24 heavy (non-hydrogen) atoms. The number of nitrogen functional groups attached to an aromatic ring is 1. The van der Waals surface area contributed by atoms with Gasteiger partial charge >= 0.3 is 0 Å². The molecule has 0 spiro atoms. The van der Waals surface area contributed by atoms with Gasteiger partial charge in [-0.05, 0) is 40.8 Å². The molecule has 3 aromatic rings. The molecule has 8 nitrogen and oxygen atoms in total. The third-order valence-corrected chi connectivity index (χ3v) is 3.28. The summed E-state index contributed by atoms with van der Waals surface area (Å²) in [7, 11) is 0. The first kappa shape index (κ1) is 15.5. The number of aromatic nitrogens is 4. The van der Waals surface area contributed by atoms with E-state index in [1.807, 2.05) is 0 Å². The van der Waals surface area contributed by atoms with Crippen LogP contribution in [0.25, 0.3) is 22.6 Å². The predicted molar refractivity (Wildman–Crippen MR) is 83.0 cm³/mol. The molecular formula is C14H13F2N7O. The summed E-state index contributed by atoms with van der Waals surface area (Å²) in [5.41, 5.74) is 17.0. The number of anilines is 1. The molecule has 2 aromatic heterocycles. The average molecular weight is 333 g/mol. The summed E-state index contributed by atoms with van der Waals surface area (Å²) < 4.78 is 34.2. The zero-order valence-electron chi connectivity index (χ0n) is 12.3. The maximum atomic E-state index is 14.3. The molecule has 0 amide bonds. The van der Waals surface area contributed by atoms with Crippen LogP contribution >= 0.6 is 0 Å². The molecule has 1 aromatic carbocycles. The summed E-state index contributed by atoms with van der Waals surface area (Å²) in [5, 5.41) is 7.09. The summed E-state index contributed by atoms with van der Waals surface area (Å²) in [4.78, 5) is 4.09. The Morgan fingerprint density at radius 2 is 2.00 bits per heavy atom. The van der Waals surface area contributed by atoms with E-state index in [0.717, 1.165) is 12.1 Å². The minimum Gasteiger partial charge on any atom is -0.405 e. The van der Waals surface area contributed by atoms with Gasteiger partial charge in [0.2, 0.25) is 0 Å². The molecule has 124 valence electrons. The Labute approximate surface area is 134 Å². The van der Waals surface area contributed by atoms with Crippen molar-refractivity contribution < 1.29 is 13.4 Å². The van der Waals surface area contributed by atoms with E-state index >= 15 is 0 Å². The molecule has 0 saturated heterocycles. The molecule has 0 saturated carbocycles. The van der Waals surface area contributed by atoms with Crippen LogP contribution in [0.5, 0.6) is 0 Å². The van der Waals surface area contributed by atoms with E-state index in [4.69, 9.17) is 17.2 Å². The highest BCUT2D eigenvalue weighted by Gasteiger charge is 2.23. The average Bonchev–Trinajstić information content (AvgIpc) is 3.13. The fraction of sp³-hybridized carbons (Fsp3) is 0.0714. The van der Waals surface area contributed by atoms with Crippen LogP contribution in [0.2, 0.25) is 0 Å². The highest BCUT2D eigenvalue weighted by molar-refractivity contribution is 5.82. The van der Waals surface area contributed by atoms with Crippen LogP contribution in [-0.4, -0.2) is 19.9 Å².